The normalized spacial score (nSPS) is 22.8. The maximum absolute atomic E-state index is 13.2. The maximum Gasteiger partial charge on any atom is 0.311 e. The van der Waals surface area contributed by atoms with E-state index in [-0.39, 0.29) is 17.9 Å². The molecule has 1 saturated carbocycles. The average Bonchev–Trinajstić information content (AvgIpc) is 2.37. The van der Waals surface area contributed by atoms with Gasteiger partial charge in [0, 0.05) is 24.8 Å². The van der Waals surface area contributed by atoms with Crippen LogP contribution in [-0.2, 0) is 9.84 Å². The molecule has 0 aliphatic heterocycles. The summed E-state index contributed by atoms with van der Waals surface area (Å²) in [4.78, 5) is 10.3. The molecule has 1 fully saturated rings. The van der Waals surface area contributed by atoms with E-state index in [1.165, 1.54) is 6.26 Å². The van der Waals surface area contributed by atoms with Gasteiger partial charge in [-0.25, -0.2) is 12.8 Å². The summed E-state index contributed by atoms with van der Waals surface area (Å²) in [5, 5.41) is 10.4. The first-order valence-electron chi connectivity index (χ1n) is 6.57. The van der Waals surface area contributed by atoms with E-state index in [2.05, 4.69) is 0 Å². The highest BCUT2D eigenvalue weighted by Gasteiger charge is 2.31. The van der Waals surface area contributed by atoms with Crippen LogP contribution in [0.2, 0.25) is 0 Å². The summed E-state index contributed by atoms with van der Waals surface area (Å²) in [5.41, 5.74) is -0.321. The highest BCUT2D eigenvalue weighted by atomic mass is 32.2. The van der Waals surface area contributed by atoms with E-state index >= 15 is 0 Å². The lowest BCUT2D eigenvalue weighted by Gasteiger charge is -2.28. The first-order chi connectivity index (χ1) is 9.77. The first kappa shape index (κ1) is 15.7. The molecule has 1 aliphatic rings. The summed E-state index contributed by atoms with van der Waals surface area (Å²) in [6, 6.07) is 2.99. The lowest BCUT2D eigenvalue weighted by atomic mass is 9.97. The smallest absolute Gasteiger partial charge is 0.311 e. The van der Waals surface area contributed by atoms with Crippen molar-refractivity contribution in [3.05, 3.63) is 34.1 Å². The standard InChI is InChI=1S/C13H16FNO5S/c1-21(18,19)11-4-2-3-10(8-11)20-13-7-9(14)5-6-12(13)15(16)17/h5-7,10-11H,2-4,8H2,1H3. The molecule has 0 N–H and O–H groups in total. The van der Waals surface area contributed by atoms with Gasteiger partial charge in [0.25, 0.3) is 0 Å². The van der Waals surface area contributed by atoms with Gasteiger partial charge < -0.3 is 4.74 Å². The molecule has 8 heteroatoms. The van der Waals surface area contributed by atoms with Crippen molar-refractivity contribution in [1.29, 1.82) is 0 Å². The predicted molar refractivity (Wildman–Crippen MR) is 74.6 cm³/mol. The minimum atomic E-state index is -3.17. The van der Waals surface area contributed by atoms with Gasteiger partial charge in [0.05, 0.1) is 10.2 Å². The topological polar surface area (TPSA) is 86.5 Å². The number of benzene rings is 1. The Morgan fingerprint density at radius 1 is 1.38 bits per heavy atom. The number of hydrogen-bond donors (Lipinski definition) is 0. The quantitative estimate of drug-likeness (QED) is 0.629. The third-order valence-corrected chi connectivity index (χ3v) is 5.23. The number of sulfone groups is 1. The Morgan fingerprint density at radius 3 is 2.71 bits per heavy atom. The van der Waals surface area contributed by atoms with E-state index in [1.54, 1.807) is 0 Å². The van der Waals surface area contributed by atoms with Gasteiger partial charge in [0.2, 0.25) is 0 Å². The molecular formula is C13H16FNO5S. The molecule has 2 unspecified atom stereocenters. The second kappa shape index (κ2) is 5.97. The van der Waals surface area contributed by atoms with Crippen LogP contribution < -0.4 is 4.74 Å². The van der Waals surface area contributed by atoms with Crippen molar-refractivity contribution in [1.82, 2.24) is 0 Å². The van der Waals surface area contributed by atoms with E-state index < -0.39 is 31.9 Å². The second-order valence-corrected chi connectivity index (χ2v) is 7.55. The van der Waals surface area contributed by atoms with Crippen molar-refractivity contribution in [3.8, 4) is 5.75 Å². The molecule has 0 heterocycles. The zero-order valence-electron chi connectivity index (χ0n) is 11.5. The SMILES string of the molecule is CS(=O)(=O)C1CCCC(Oc2cc(F)ccc2[N+](=O)[O-])C1. The number of rotatable bonds is 4. The minimum absolute atomic E-state index is 0.154. The number of nitro groups is 1. The fourth-order valence-corrected chi connectivity index (χ4v) is 3.67. The van der Waals surface area contributed by atoms with E-state index in [0.29, 0.717) is 19.3 Å². The van der Waals surface area contributed by atoms with Crippen LogP contribution in [0.25, 0.3) is 0 Å². The van der Waals surface area contributed by atoms with Crippen molar-refractivity contribution >= 4 is 15.5 Å². The van der Waals surface area contributed by atoms with Crippen molar-refractivity contribution in [2.75, 3.05) is 6.26 Å². The van der Waals surface area contributed by atoms with Gasteiger partial charge >= 0.3 is 5.69 Å². The van der Waals surface area contributed by atoms with Gasteiger partial charge in [0.1, 0.15) is 21.8 Å². The third kappa shape index (κ3) is 3.90. The first-order valence-corrected chi connectivity index (χ1v) is 8.52. The second-order valence-electron chi connectivity index (χ2n) is 5.23. The predicted octanol–water partition coefficient (Wildman–Crippen LogP) is 2.47. The lowest BCUT2D eigenvalue weighted by molar-refractivity contribution is -0.386. The highest BCUT2D eigenvalue weighted by molar-refractivity contribution is 7.91. The molecule has 0 aromatic heterocycles. The fourth-order valence-electron chi connectivity index (χ4n) is 2.51. The highest BCUT2D eigenvalue weighted by Crippen LogP contribution is 2.32. The van der Waals surface area contributed by atoms with Crippen molar-refractivity contribution < 1.29 is 22.5 Å². The molecule has 2 atom stereocenters. The minimum Gasteiger partial charge on any atom is -0.483 e. The number of halogens is 1. The van der Waals surface area contributed by atoms with Gasteiger partial charge in [-0.3, -0.25) is 10.1 Å². The summed E-state index contributed by atoms with van der Waals surface area (Å²) < 4.78 is 41.9. The van der Waals surface area contributed by atoms with E-state index in [4.69, 9.17) is 4.74 Å². The molecule has 0 saturated heterocycles. The van der Waals surface area contributed by atoms with Crippen LogP contribution in [0.5, 0.6) is 5.75 Å². The summed E-state index contributed by atoms with van der Waals surface area (Å²) in [6.45, 7) is 0. The largest absolute Gasteiger partial charge is 0.483 e. The van der Waals surface area contributed by atoms with Gasteiger partial charge in [0.15, 0.2) is 5.75 Å². The van der Waals surface area contributed by atoms with Crippen molar-refractivity contribution in [2.45, 2.75) is 37.0 Å². The molecule has 0 radical (unpaired) electrons. The number of nitrogens with zero attached hydrogens (tertiary/aromatic N) is 1. The molecule has 0 spiro atoms. The molecule has 1 aliphatic carbocycles. The van der Waals surface area contributed by atoms with Crippen LogP contribution in [0.1, 0.15) is 25.7 Å². The van der Waals surface area contributed by atoms with Gasteiger partial charge in [-0.1, -0.05) is 0 Å². The summed E-state index contributed by atoms with van der Waals surface area (Å²) in [7, 11) is -3.17. The zero-order chi connectivity index (χ0) is 15.6. The van der Waals surface area contributed by atoms with Gasteiger partial charge in [-0.15, -0.1) is 0 Å². The van der Waals surface area contributed by atoms with E-state index in [0.717, 1.165) is 18.2 Å². The Balaban J connectivity index is 2.18. The summed E-state index contributed by atoms with van der Waals surface area (Å²) in [6.07, 6.45) is 2.80. The Labute approximate surface area is 122 Å². The van der Waals surface area contributed by atoms with Crippen molar-refractivity contribution in [3.63, 3.8) is 0 Å². The van der Waals surface area contributed by atoms with Crippen LogP contribution in [0.3, 0.4) is 0 Å². The molecule has 0 bridgehead atoms. The third-order valence-electron chi connectivity index (χ3n) is 3.60. The maximum atomic E-state index is 13.2. The summed E-state index contributed by atoms with van der Waals surface area (Å²) >= 11 is 0. The van der Waals surface area contributed by atoms with Crippen LogP contribution >= 0.6 is 0 Å². The Hall–Kier alpha value is -1.70. The molecule has 1 aromatic rings. The van der Waals surface area contributed by atoms with E-state index in [1.807, 2.05) is 0 Å². The average molecular weight is 317 g/mol. The van der Waals surface area contributed by atoms with Crippen LogP contribution in [0.15, 0.2) is 18.2 Å². The molecule has 21 heavy (non-hydrogen) atoms. The monoisotopic (exact) mass is 317 g/mol. The number of nitro benzene ring substituents is 1. The Bertz CT molecular complexity index is 646. The Kier molecular flexibility index (Phi) is 4.46. The molecule has 0 amide bonds. The molecule has 1 aromatic carbocycles. The number of ether oxygens (including phenoxy) is 1. The van der Waals surface area contributed by atoms with Crippen molar-refractivity contribution in [2.24, 2.45) is 0 Å². The van der Waals surface area contributed by atoms with Gasteiger partial charge in [-0.05, 0) is 25.3 Å². The molecule has 6 nitrogen and oxygen atoms in total. The van der Waals surface area contributed by atoms with Crippen LogP contribution in [-0.4, -0.2) is 31.0 Å². The Morgan fingerprint density at radius 2 is 2.10 bits per heavy atom. The molecule has 116 valence electrons. The lowest BCUT2D eigenvalue weighted by Crippen LogP contribution is -2.33. The van der Waals surface area contributed by atoms with Gasteiger partial charge in [-0.2, -0.15) is 0 Å². The number of hydrogen-bond acceptors (Lipinski definition) is 5. The zero-order valence-corrected chi connectivity index (χ0v) is 12.3. The van der Waals surface area contributed by atoms with Crippen LogP contribution in [0.4, 0.5) is 10.1 Å². The van der Waals surface area contributed by atoms with Crippen LogP contribution in [0, 0.1) is 15.9 Å². The fraction of sp³-hybridized carbons (Fsp3) is 0.538. The summed E-state index contributed by atoms with van der Waals surface area (Å²) in [5.74, 6) is -0.787. The molecule has 2 rings (SSSR count). The molecular weight excluding hydrogens is 301 g/mol. The van der Waals surface area contributed by atoms with E-state index in [9.17, 15) is 22.9 Å².